The van der Waals surface area contributed by atoms with Gasteiger partial charge in [-0.05, 0) is 43.9 Å². The second kappa shape index (κ2) is 9.10. The maximum atomic E-state index is 13.6. The van der Waals surface area contributed by atoms with Crippen molar-refractivity contribution in [2.24, 2.45) is 11.8 Å². The topological polar surface area (TPSA) is 94.8 Å². The minimum absolute atomic E-state index is 0.0992. The number of rotatable bonds is 5. The van der Waals surface area contributed by atoms with E-state index in [9.17, 15) is 14.4 Å². The zero-order valence-electron chi connectivity index (χ0n) is 19.1. The first-order valence-corrected chi connectivity index (χ1v) is 10.9. The molecule has 0 bridgehead atoms. The Kier molecular flexibility index (Phi) is 6.22. The molecule has 2 aromatic rings. The SMILES string of the molecule is COC(=O)C1C(=O)C2=C(CC1C)NC(C)=C(C(=O)OCc1ccccc1)C2c1ccc(C)o1. The van der Waals surface area contributed by atoms with Crippen LogP contribution in [0.15, 0.2) is 69.4 Å². The molecule has 1 aliphatic heterocycles. The minimum atomic E-state index is -0.936. The Labute approximate surface area is 192 Å². The molecule has 0 amide bonds. The smallest absolute Gasteiger partial charge is 0.337 e. The van der Waals surface area contributed by atoms with E-state index in [-0.39, 0.29) is 18.3 Å². The van der Waals surface area contributed by atoms with Crippen molar-refractivity contribution in [2.75, 3.05) is 7.11 Å². The van der Waals surface area contributed by atoms with Gasteiger partial charge < -0.3 is 19.2 Å². The summed E-state index contributed by atoms with van der Waals surface area (Å²) in [5.74, 6) is -2.32. The number of Topliss-reactive ketones (excluding diaryl/α,β-unsaturated/α-hetero) is 1. The van der Waals surface area contributed by atoms with Crippen molar-refractivity contribution < 1.29 is 28.3 Å². The molecule has 1 N–H and O–H groups in total. The molecule has 7 nitrogen and oxygen atoms in total. The van der Waals surface area contributed by atoms with Gasteiger partial charge in [-0.15, -0.1) is 0 Å². The maximum absolute atomic E-state index is 13.6. The van der Waals surface area contributed by atoms with Crippen molar-refractivity contribution in [3.8, 4) is 0 Å². The number of aryl methyl sites for hydroxylation is 1. The lowest BCUT2D eigenvalue weighted by Crippen LogP contribution is -2.43. The van der Waals surface area contributed by atoms with E-state index >= 15 is 0 Å². The van der Waals surface area contributed by atoms with Gasteiger partial charge in [-0.3, -0.25) is 9.59 Å². The number of carbonyl (C=O) groups excluding carboxylic acids is 3. The van der Waals surface area contributed by atoms with Gasteiger partial charge in [0.05, 0.1) is 18.6 Å². The zero-order chi connectivity index (χ0) is 23.7. The molecule has 2 aliphatic rings. The number of ketones is 1. The molecule has 1 aliphatic carbocycles. The van der Waals surface area contributed by atoms with Gasteiger partial charge in [0.25, 0.3) is 0 Å². The third-order valence-corrected chi connectivity index (χ3v) is 6.22. The molecular formula is C26H27NO6. The fourth-order valence-corrected chi connectivity index (χ4v) is 4.65. The second-order valence-corrected chi connectivity index (χ2v) is 8.55. The Bertz CT molecular complexity index is 1160. The van der Waals surface area contributed by atoms with Crippen molar-refractivity contribution in [1.82, 2.24) is 5.32 Å². The molecule has 0 saturated heterocycles. The van der Waals surface area contributed by atoms with Gasteiger partial charge in [0.2, 0.25) is 0 Å². The summed E-state index contributed by atoms with van der Waals surface area (Å²) in [6.07, 6.45) is 0.473. The van der Waals surface area contributed by atoms with E-state index in [0.717, 1.165) is 5.56 Å². The summed E-state index contributed by atoms with van der Waals surface area (Å²) in [7, 11) is 1.27. The van der Waals surface area contributed by atoms with E-state index in [2.05, 4.69) is 5.32 Å². The van der Waals surface area contributed by atoms with Crippen LogP contribution in [0.2, 0.25) is 0 Å². The van der Waals surface area contributed by atoms with Crippen molar-refractivity contribution in [3.63, 3.8) is 0 Å². The number of methoxy groups -OCH3 is 1. The standard InChI is InChI=1S/C26H27NO6/c1-14-12-18-22(24(28)20(14)25(29)31-4)23(19-11-10-15(2)33-19)21(16(3)27-18)26(30)32-13-17-8-6-5-7-9-17/h5-11,14,20,23,27H,12-13H2,1-4H3. The molecule has 0 fully saturated rings. The Morgan fingerprint density at radius 3 is 2.48 bits per heavy atom. The fourth-order valence-electron chi connectivity index (χ4n) is 4.65. The molecule has 1 aromatic heterocycles. The number of hydrogen-bond acceptors (Lipinski definition) is 7. The molecule has 1 aromatic carbocycles. The number of furan rings is 1. The quantitative estimate of drug-likeness (QED) is 0.546. The highest BCUT2D eigenvalue weighted by molar-refractivity contribution is 6.12. The lowest BCUT2D eigenvalue weighted by atomic mass is 9.70. The summed E-state index contributed by atoms with van der Waals surface area (Å²) in [6.45, 7) is 5.53. The van der Waals surface area contributed by atoms with Crippen LogP contribution in [0.1, 0.15) is 43.3 Å². The van der Waals surface area contributed by atoms with Gasteiger partial charge in [-0.2, -0.15) is 0 Å². The third-order valence-electron chi connectivity index (χ3n) is 6.22. The van der Waals surface area contributed by atoms with E-state index in [0.29, 0.717) is 40.5 Å². The number of ether oxygens (including phenoxy) is 2. The summed E-state index contributed by atoms with van der Waals surface area (Å²) in [4.78, 5) is 39.3. The summed E-state index contributed by atoms with van der Waals surface area (Å²) >= 11 is 0. The Balaban J connectivity index is 1.74. The van der Waals surface area contributed by atoms with Gasteiger partial charge in [0.1, 0.15) is 24.0 Å². The Hall–Kier alpha value is -3.61. The van der Waals surface area contributed by atoms with E-state index in [4.69, 9.17) is 13.9 Å². The largest absolute Gasteiger partial charge is 0.468 e. The summed E-state index contributed by atoms with van der Waals surface area (Å²) < 4.78 is 16.4. The highest BCUT2D eigenvalue weighted by Gasteiger charge is 2.48. The van der Waals surface area contributed by atoms with Gasteiger partial charge >= 0.3 is 11.9 Å². The molecule has 7 heteroatoms. The number of carbonyl (C=O) groups is 3. The van der Waals surface area contributed by atoms with E-state index in [1.54, 1.807) is 26.0 Å². The molecule has 4 rings (SSSR count). The van der Waals surface area contributed by atoms with Crippen LogP contribution in [-0.2, 0) is 30.5 Å². The van der Waals surface area contributed by atoms with Crippen LogP contribution in [-0.4, -0.2) is 24.8 Å². The highest BCUT2D eigenvalue weighted by atomic mass is 16.5. The maximum Gasteiger partial charge on any atom is 0.337 e. The first-order valence-electron chi connectivity index (χ1n) is 10.9. The van der Waals surface area contributed by atoms with Crippen molar-refractivity contribution >= 4 is 17.7 Å². The lowest BCUT2D eigenvalue weighted by molar-refractivity contribution is -0.151. The molecule has 172 valence electrons. The lowest BCUT2D eigenvalue weighted by Gasteiger charge is -2.37. The fraction of sp³-hybridized carbons (Fsp3) is 0.346. The van der Waals surface area contributed by atoms with Gasteiger partial charge in [-0.1, -0.05) is 37.3 Å². The molecule has 0 radical (unpaired) electrons. The average Bonchev–Trinajstić information content (AvgIpc) is 3.23. The summed E-state index contributed by atoms with van der Waals surface area (Å²) in [5.41, 5.74) is 2.80. The molecule has 3 atom stereocenters. The predicted molar refractivity (Wildman–Crippen MR) is 120 cm³/mol. The van der Waals surface area contributed by atoms with Crippen LogP contribution in [0, 0.1) is 18.8 Å². The predicted octanol–water partition coefficient (Wildman–Crippen LogP) is 3.94. The first-order chi connectivity index (χ1) is 15.8. The Morgan fingerprint density at radius 2 is 1.85 bits per heavy atom. The molecule has 0 saturated carbocycles. The second-order valence-electron chi connectivity index (χ2n) is 8.55. The van der Waals surface area contributed by atoms with Crippen molar-refractivity contribution in [1.29, 1.82) is 0 Å². The highest BCUT2D eigenvalue weighted by Crippen LogP contribution is 2.45. The van der Waals surface area contributed by atoms with Gasteiger partial charge in [0, 0.05) is 17.0 Å². The first kappa shape index (κ1) is 22.6. The van der Waals surface area contributed by atoms with Gasteiger partial charge in [0.15, 0.2) is 5.78 Å². The van der Waals surface area contributed by atoms with Crippen LogP contribution >= 0.6 is 0 Å². The third kappa shape index (κ3) is 4.23. The van der Waals surface area contributed by atoms with Crippen LogP contribution in [0.3, 0.4) is 0 Å². The molecule has 33 heavy (non-hydrogen) atoms. The molecule has 3 unspecified atom stereocenters. The number of allylic oxidation sites excluding steroid dienone is 3. The summed E-state index contributed by atoms with van der Waals surface area (Å²) in [5, 5.41) is 3.24. The number of hydrogen-bond donors (Lipinski definition) is 1. The van der Waals surface area contributed by atoms with Crippen LogP contribution in [0.4, 0.5) is 0 Å². The van der Waals surface area contributed by atoms with Crippen molar-refractivity contribution in [3.05, 3.63) is 82.1 Å². The van der Waals surface area contributed by atoms with Gasteiger partial charge in [-0.25, -0.2) is 4.79 Å². The van der Waals surface area contributed by atoms with Crippen LogP contribution in [0.5, 0.6) is 0 Å². The van der Waals surface area contributed by atoms with Crippen LogP contribution < -0.4 is 5.32 Å². The summed E-state index contributed by atoms with van der Waals surface area (Å²) in [6, 6.07) is 12.9. The average molecular weight is 450 g/mol. The zero-order valence-corrected chi connectivity index (χ0v) is 19.1. The van der Waals surface area contributed by atoms with Crippen molar-refractivity contribution in [2.45, 2.75) is 39.7 Å². The Morgan fingerprint density at radius 1 is 1.12 bits per heavy atom. The van der Waals surface area contributed by atoms with E-state index in [1.807, 2.05) is 37.3 Å². The van der Waals surface area contributed by atoms with E-state index in [1.165, 1.54) is 7.11 Å². The number of nitrogens with one attached hydrogen (secondary N) is 1. The molecule has 0 spiro atoms. The van der Waals surface area contributed by atoms with E-state index < -0.39 is 23.8 Å². The number of dihydropyridines is 1. The minimum Gasteiger partial charge on any atom is -0.468 e. The normalized spacial score (nSPS) is 22.5. The number of esters is 2. The monoisotopic (exact) mass is 449 g/mol. The molecular weight excluding hydrogens is 422 g/mol. The number of benzene rings is 1. The van der Waals surface area contributed by atoms with Crippen LogP contribution in [0.25, 0.3) is 0 Å². The molecule has 2 heterocycles.